The summed E-state index contributed by atoms with van der Waals surface area (Å²) in [6.45, 7) is 0.302. The van der Waals surface area contributed by atoms with Gasteiger partial charge in [-0.2, -0.15) is 5.26 Å². The van der Waals surface area contributed by atoms with Crippen molar-refractivity contribution in [2.24, 2.45) is 0 Å². The fourth-order valence-corrected chi connectivity index (χ4v) is 1.83. The number of ether oxygens (including phenoxy) is 2. The number of nitriles is 1. The predicted molar refractivity (Wildman–Crippen MR) is 81.5 cm³/mol. The van der Waals surface area contributed by atoms with Crippen molar-refractivity contribution < 1.29 is 14.3 Å². The molecule has 22 heavy (non-hydrogen) atoms. The van der Waals surface area contributed by atoms with E-state index in [1.54, 1.807) is 43.5 Å². The quantitative estimate of drug-likeness (QED) is 0.887. The van der Waals surface area contributed by atoms with Crippen molar-refractivity contribution in [1.29, 1.82) is 5.26 Å². The third-order valence-corrected chi connectivity index (χ3v) is 3.00. The van der Waals surface area contributed by atoms with Crippen molar-refractivity contribution >= 4 is 5.91 Å². The molecule has 2 aromatic rings. The Morgan fingerprint density at radius 3 is 2.45 bits per heavy atom. The summed E-state index contributed by atoms with van der Waals surface area (Å²) in [5, 5.41) is 11.5. The van der Waals surface area contributed by atoms with Crippen LogP contribution in [0.3, 0.4) is 0 Å². The SMILES string of the molecule is COc1ccccc1OCC(=O)NCc1ccc(C#N)cc1. The molecule has 0 unspecified atom stereocenters. The van der Waals surface area contributed by atoms with E-state index in [0.29, 0.717) is 23.6 Å². The number of para-hydroxylation sites is 2. The van der Waals surface area contributed by atoms with Gasteiger partial charge in [-0.1, -0.05) is 24.3 Å². The molecule has 0 heterocycles. The molecule has 0 aromatic heterocycles. The van der Waals surface area contributed by atoms with E-state index in [0.717, 1.165) is 5.56 Å². The summed E-state index contributed by atoms with van der Waals surface area (Å²) in [5.74, 6) is 0.885. The van der Waals surface area contributed by atoms with Gasteiger partial charge in [-0.15, -0.1) is 0 Å². The van der Waals surface area contributed by atoms with Crippen molar-refractivity contribution in [3.05, 3.63) is 59.7 Å². The summed E-state index contributed by atoms with van der Waals surface area (Å²) in [4.78, 5) is 11.8. The van der Waals surface area contributed by atoms with Crippen molar-refractivity contribution in [3.63, 3.8) is 0 Å². The van der Waals surface area contributed by atoms with Crippen LogP contribution in [0.15, 0.2) is 48.5 Å². The molecular formula is C17H16N2O3. The van der Waals surface area contributed by atoms with E-state index >= 15 is 0 Å². The highest BCUT2D eigenvalue weighted by Crippen LogP contribution is 2.25. The molecule has 2 aromatic carbocycles. The minimum absolute atomic E-state index is 0.0867. The molecular weight excluding hydrogens is 280 g/mol. The third kappa shape index (κ3) is 4.25. The highest BCUT2D eigenvalue weighted by molar-refractivity contribution is 5.77. The standard InChI is InChI=1S/C17H16N2O3/c1-21-15-4-2-3-5-16(15)22-12-17(20)19-11-14-8-6-13(10-18)7-9-14/h2-9H,11-12H2,1H3,(H,19,20). The Morgan fingerprint density at radius 2 is 1.82 bits per heavy atom. The molecule has 0 spiro atoms. The summed E-state index contributed by atoms with van der Waals surface area (Å²) in [7, 11) is 1.55. The molecule has 0 radical (unpaired) electrons. The van der Waals surface area contributed by atoms with Crippen molar-refractivity contribution in [2.75, 3.05) is 13.7 Å². The number of benzene rings is 2. The van der Waals surface area contributed by atoms with Crippen LogP contribution in [0.25, 0.3) is 0 Å². The van der Waals surface area contributed by atoms with Gasteiger partial charge in [-0.25, -0.2) is 0 Å². The largest absolute Gasteiger partial charge is 0.493 e. The summed E-state index contributed by atoms with van der Waals surface area (Å²) < 4.78 is 10.6. The Morgan fingerprint density at radius 1 is 1.14 bits per heavy atom. The molecule has 112 valence electrons. The molecule has 5 heteroatoms. The molecule has 0 aliphatic carbocycles. The maximum atomic E-state index is 11.8. The number of carbonyl (C=O) groups excluding carboxylic acids is 1. The second-order valence-corrected chi connectivity index (χ2v) is 4.52. The number of hydrogen-bond acceptors (Lipinski definition) is 4. The predicted octanol–water partition coefficient (Wildman–Crippen LogP) is 2.26. The maximum absolute atomic E-state index is 11.8. The van der Waals surface area contributed by atoms with E-state index in [1.165, 1.54) is 0 Å². The minimum atomic E-state index is -0.227. The van der Waals surface area contributed by atoms with Crippen LogP contribution in [0, 0.1) is 11.3 Å². The number of hydrogen-bond donors (Lipinski definition) is 1. The lowest BCUT2D eigenvalue weighted by Crippen LogP contribution is -2.28. The molecule has 0 saturated heterocycles. The van der Waals surface area contributed by atoms with E-state index in [2.05, 4.69) is 5.32 Å². The first kappa shape index (κ1) is 15.4. The van der Waals surface area contributed by atoms with Crippen LogP contribution in [0.1, 0.15) is 11.1 Å². The van der Waals surface area contributed by atoms with Gasteiger partial charge in [0, 0.05) is 6.54 Å². The molecule has 0 fully saturated rings. The van der Waals surface area contributed by atoms with E-state index in [-0.39, 0.29) is 12.5 Å². The summed E-state index contributed by atoms with van der Waals surface area (Å²) in [5.41, 5.74) is 1.51. The molecule has 0 saturated carbocycles. The topological polar surface area (TPSA) is 71.3 Å². The summed E-state index contributed by atoms with van der Waals surface area (Å²) >= 11 is 0. The Balaban J connectivity index is 1.81. The van der Waals surface area contributed by atoms with Gasteiger partial charge in [0.2, 0.25) is 0 Å². The van der Waals surface area contributed by atoms with Crippen molar-refractivity contribution in [3.8, 4) is 17.6 Å². The van der Waals surface area contributed by atoms with Gasteiger partial charge >= 0.3 is 0 Å². The normalized spacial score (nSPS) is 9.64. The maximum Gasteiger partial charge on any atom is 0.258 e. The van der Waals surface area contributed by atoms with Crippen LogP contribution in [-0.4, -0.2) is 19.6 Å². The van der Waals surface area contributed by atoms with Gasteiger partial charge < -0.3 is 14.8 Å². The zero-order chi connectivity index (χ0) is 15.8. The number of nitrogens with zero attached hydrogens (tertiary/aromatic N) is 1. The molecule has 0 aliphatic rings. The zero-order valence-corrected chi connectivity index (χ0v) is 12.2. The highest BCUT2D eigenvalue weighted by atomic mass is 16.5. The van der Waals surface area contributed by atoms with Gasteiger partial charge in [-0.05, 0) is 29.8 Å². The average molecular weight is 296 g/mol. The molecule has 1 amide bonds. The fourth-order valence-electron chi connectivity index (χ4n) is 1.83. The van der Waals surface area contributed by atoms with Crippen LogP contribution in [0.5, 0.6) is 11.5 Å². The Kier molecular flexibility index (Phi) is 5.38. The zero-order valence-electron chi connectivity index (χ0n) is 12.2. The number of nitrogens with one attached hydrogen (secondary N) is 1. The number of methoxy groups -OCH3 is 1. The Labute approximate surface area is 129 Å². The minimum Gasteiger partial charge on any atom is -0.493 e. The molecule has 0 atom stereocenters. The first-order valence-electron chi connectivity index (χ1n) is 6.74. The van der Waals surface area contributed by atoms with Gasteiger partial charge in [0.15, 0.2) is 18.1 Å². The van der Waals surface area contributed by atoms with Gasteiger partial charge in [0.05, 0.1) is 18.7 Å². The van der Waals surface area contributed by atoms with E-state index in [4.69, 9.17) is 14.7 Å². The van der Waals surface area contributed by atoms with Crippen LogP contribution in [0.2, 0.25) is 0 Å². The van der Waals surface area contributed by atoms with E-state index < -0.39 is 0 Å². The summed E-state index contributed by atoms with van der Waals surface area (Å²) in [6.07, 6.45) is 0. The lowest BCUT2D eigenvalue weighted by molar-refractivity contribution is -0.123. The van der Waals surface area contributed by atoms with Crippen molar-refractivity contribution in [2.45, 2.75) is 6.54 Å². The highest BCUT2D eigenvalue weighted by Gasteiger charge is 2.06. The van der Waals surface area contributed by atoms with Crippen LogP contribution in [0.4, 0.5) is 0 Å². The lowest BCUT2D eigenvalue weighted by atomic mass is 10.1. The third-order valence-electron chi connectivity index (χ3n) is 3.00. The summed E-state index contributed by atoms with van der Waals surface area (Å²) in [6, 6.07) is 16.2. The van der Waals surface area contributed by atoms with E-state index in [1.807, 2.05) is 18.2 Å². The lowest BCUT2D eigenvalue weighted by Gasteiger charge is -2.10. The first-order chi connectivity index (χ1) is 10.7. The Bertz CT molecular complexity index is 675. The molecule has 0 aliphatic heterocycles. The van der Waals surface area contributed by atoms with E-state index in [9.17, 15) is 4.79 Å². The first-order valence-corrected chi connectivity index (χ1v) is 6.74. The average Bonchev–Trinajstić information content (AvgIpc) is 2.58. The molecule has 0 bridgehead atoms. The van der Waals surface area contributed by atoms with Gasteiger partial charge in [0.1, 0.15) is 0 Å². The monoisotopic (exact) mass is 296 g/mol. The number of carbonyl (C=O) groups is 1. The Hall–Kier alpha value is -3.00. The fraction of sp³-hybridized carbons (Fsp3) is 0.176. The van der Waals surface area contributed by atoms with Crippen LogP contribution in [-0.2, 0) is 11.3 Å². The second kappa shape index (κ2) is 7.70. The van der Waals surface area contributed by atoms with Crippen LogP contribution >= 0.6 is 0 Å². The van der Waals surface area contributed by atoms with Gasteiger partial charge in [-0.3, -0.25) is 4.79 Å². The second-order valence-electron chi connectivity index (χ2n) is 4.52. The van der Waals surface area contributed by atoms with Crippen molar-refractivity contribution in [1.82, 2.24) is 5.32 Å². The van der Waals surface area contributed by atoms with Crippen LogP contribution < -0.4 is 14.8 Å². The smallest absolute Gasteiger partial charge is 0.258 e. The number of amides is 1. The number of rotatable bonds is 6. The van der Waals surface area contributed by atoms with Gasteiger partial charge in [0.25, 0.3) is 5.91 Å². The molecule has 5 nitrogen and oxygen atoms in total. The molecule has 1 N–H and O–H groups in total. The molecule has 2 rings (SSSR count).